The Morgan fingerprint density at radius 2 is 2.24 bits per heavy atom. The molecule has 6 heteroatoms. The molecule has 0 spiro atoms. The zero-order valence-corrected chi connectivity index (χ0v) is 12.5. The Morgan fingerprint density at radius 3 is 2.90 bits per heavy atom. The van der Waals surface area contributed by atoms with Crippen molar-refractivity contribution in [2.45, 2.75) is 19.5 Å². The number of hydrogen-bond donors (Lipinski definition) is 1. The average Bonchev–Trinajstić information content (AvgIpc) is 2.76. The van der Waals surface area contributed by atoms with Crippen molar-refractivity contribution in [3.05, 3.63) is 51.8 Å². The number of nitrogens with zero attached hydrogens (tertiary/aromatic N) is 3. The van der Waals surface area contributed by atoms with Gasteiger partial charge in [0, 0.05) is 32.9 Å². The van der Waals surface area contributed by atoms with Gasteiger partial charge in [0.05, 0.1) is 16.3 Å². The van der Waals surface area contributed by atoms with Gasteiger partial charge in [0.2, 0.25) is 0 Å². The highest BCUT2D eigenvalue weighted by atomic mass is 35.5. The molecule has 0 amide bonds. The fourth-order valence-corrected chi connectivity index (χ4v) is 2.95. The summed E-state index contributed by atoms with van der Waals surface area (Å²) in [5.41, 5.74) is 3.50. The summed E-state index contributed by atoms with van der Waals surface area (Å²) in [6, 6.07) is 5.36. The topological polar surface area (TPSA) is 58.4 Å². The number of benzene rings is 1. The number of aromatic carboxylic acids is 1. The number of halogens is 1. The van der Waals surface area contributed by atoms with E-state index >= 15 is 0 Å². The molecule has 2 heterocycles. The molecule has 1 aromatic carbocycles. The van der Waals surface area contributed by atoms with Crippen LogP contribution >= 0.6 is 11.6 Å². The zero-order chi connectivity index (χ0) is 15.0. The molecule has 0 saturated carbocycles. The largest absolute Gasteiger partial charge is 0.478 e. The van der Waals surface area contributed by atoms with E-state index in [4.69, 9.17) is 16.7 Å². The van der Waals surface area contributed by atoms with Gasteiger partial charge in [-0.1, -0.05) is 17.7 Å². The van der Waals surface area contributed by atoms with Gasteiger partial charge in [0.15, 0.2) is 0 Å². The molecule has 5 nitrogen and oxygen atoms in total. The molecule has 1 aliphatic heterocycles. The predicted molar refractivity (Wildman–Crippen MR) is 79.4 cm³/mol. The lowest BCUT2D eigenvalue weighted by atomic mass is 9.97. The van der Waals surface area contributed by atoms with Crippen molar-refractivity contribution in [2.75, 3.05) is 6.54 Å². The first-order chi connectivity index (χ1) is 10.0. The maximum absolute atomic E-state index is 11.1. The van der Waals surface area contributed by atoms with E-state index in [0.29, 0.717) is 17.1 Å². The summed E-state index contributed by atoms with van der Waals surface area (Å²) in [5, 5.41) is 14.1. The van der Waals surface area contributed by atoms with Crippen LogP contribution in [0.4, 0.5) is 0 Å². The third kappa shape index (κ3) is 2.94. The smallest absolute Gasteiger partial charge is 0.335 e. The number of fused-ring (bicyclic) bond motifs is 1. The van der Waals surface area contributed by atoms with Crippen LogP contribution in [0.3, 0.4) is 0 Å². The van der Waals surface area contributed by atoms with Gasteiger partial charge in [-0.2, -0.15) is 5.10 Å². The molecule has 0 atom stereocenters. The maximum Gasteiger partial charge on any atom is 0.335 e. The fraction of sp³-hybridized carbons (Fsp3) is 0.333. The van der Waals surface area contributed by atoms with Crippen molar-refractivity contribution >= 4 is 17.6 Å². The Balaban J connectivity index is 1.78. The van der Waals surface area contributed by atoms with Crippen molar-refractivity contribution in [1.82, 2.24) is 14.7 Å². The SMILES string of the molecule is Cn1cc(Cl)c(CN2CCc3ccc(C(=O)O)cc3C2)n1. The second kappa shape index (κ2) is 5.50. The number of rotatable bonds is 3. The molecule has 0 saturated heterocycles. The molecule has 21 heavy (non-hydrogen) atoms. The first kappa shape index (κ1) is 14.1. The third-order valence-corrected chi connectivity index (χ3v) is 4.09. The summed E-state index contributed by atoms with van der Waals surface area (Å²) in [5.74, 6) is -0.886. The number of carbonyl (C=O) groups is 1. The Labute approximate surface area is 127 Å². The lowest BCUT2D eigenvalue weighted by Gasteiger charge is -2.28. The van der Waals surface area contributed by atoms with Crippen LogP contribution in [0.2, 0.25) is 5.02 Å². The summed E-state index contributed by atoms with van der Waals surface area (Å²) < 4.78 is 1.71. The number of hydrogen-bond acceptors (Lipinski definition) is 3. The second-order valence-corrected chi connectivity index (χ2v) is 5.75. The second-order valence-electron chi connectivity index (χ2n) is 5.35. The van der Waals surface area contributed by atoms with E-state index in [9.17, 15) is 4.79 Å². The number of carboxylic acid groups (broad SMARTS) is 1. The van der Waals surface area contributed by atoms with Crippen LogP contribution < -0.4 is 0 Å². The quantitative estimate of drug-likeness (QED) is 0.945. The van der Waals surface area contributed by atoms with Gasteiger partial charge in [-0.05, 0) is 29.7 Å². The Hall–Kier alpha value is -1.85. The van der Waals surface area contributed by atoms with Crippen molar-refractivity contribution < 1.29 is 9.90 Å². The molecule has 0 aliphatic carbocycles. The van der Waals surface area contributed by atoms with Gasteiger partial charge in [-0.3, -0.25) is 9.58 Å². The third-order valence-electron chi connectivity index (χ3n) is 3.77. The van der Waals surface area contributed by atoms with Crippen LogP contribution in [0.1, 0.15) is 27.2 Å². The van der Waals surface area contributed by atoms with Crippen LogP contribution in [0.15, 0.2) is 24.4 Å². The number of aryl methyl sites for hydroxylation is 1. The van der Waals surface area contributed by atoms with Gasteiger partial charge >= 0.3 is 5.97 Å². The highest BCUT2D eigenvalue weighted by Gasteiger charge is 2.19. The lowest BCUT2D eigenvalue weighted by molar-refractivity contribution is 0.0696. The molecule has 3 rings (SSSR count). The summed E-state index contributed by atoms with van der Waals surface area (Å²) >= 11 is 6.14. The van der Waals surface area contributed by atoms with Crippen molar-refractivity contribution in [3.8, 4) is 0 Å². The van der Waals surface area contributed by atoms with E-state index in [1.165, 1.54) is 5.56 Å². The molecule has 1 aromatic heterocycles. The minimum absolute atomic E-state index is 0.339. The highest BCUT2D eigenvalue weighted by molar-refractivity contribution is 6.31. The van der Waals surface area contributed by atoms with Crippen LogP contribution in [0, 0.1) is 0 Å². The molecular formula is C15H16ClN3O2. The van der Waals surface area contributed by atoms with Gasteiger partial charge in [-0.25, -0.2) is 4.79 Å². The minimum atomic E-state index is -0.886. The lowest BCUT2D eigenvalue weighted by Crippen LogP contribution is -2.30. The highest BCUT2D eigenvalue weighted by Crippen LogP contribution is 2.23. The van der Waals surface area contributed by atoms with E-state index in [1.807, 2.05) is 13.1 Å². The first-order valence-corrected chi connectivity index (χ1v) is 7.16. The zero-order valence-electron chi connectivity index (χ0n) is 11.7. The predicted octanol–water partition coefficient (Wildman–Crippen LogP) is 2.33. The molecule has 0 fully saturated rings. The Kier molecular flexibility index (Phi) is 3.69. The number of carboxylic acids is 1. The Morgan fingerprint density at radius 1 is 1.43 bits per heavy atom. The molecule has 2 aromatic rings. The molecule has 110 valence electrons. The average molecular weight is 306 g/mol. The maximum atomic E-state index is 11.1. The van der Waals surface area contributed by atoms with E-state index < -0.39 is 5.97 Å². The molecule has 0 unspecified atom stereocenters. The van der Waals surface area contributed by atoms with E-state index in [-0.39, 0.29) is 0 Å². The summed E-state index contributed by atoms with van der Waals surface area (Å²) in [6.07, 6.45) is 2.71. The molecule has 1 aliphatic rings. The van der Waals surface area contributed by atoms with E-state index in [0.717, 1.165) is 30.8 Å². The van der Waals surface area contributed by atoms with Crippen LogP contribution in [0.5, 0.6) is 0 Å². The summed E-state index contributed by atoms with van der Waals surface area (Å²) in [7, 11) is 1.85. The van der Waals surface area contributed by atoms with Crippen molar-refractivity contribution in [1.29, 1.82) is 0 Å². The van der Waals surface area contributed by atoms with Crippen molar-refractivity contribution in [3.63, 3.8) is 0 Å². The summed E-state index contributed by atoms with van der Waals surface area (Å²) in [4.78, 5) is 13.3. The Bertz CT molecular complexity index is 696. The van der Waals surface area contributed by atoms with Crippen LogP contribution in [-0.4, -0.2) is 32.3 Å². The van der Waals surface area contributed by atoms with Gasteiger partial charge < -0.3 is 5.11 Å². The summed E-state index contributed by atoms with van der Waals surface area (Å²) in [6.45, 7) is 2.33. The molecular weight excluding hydrogens is 290 g/mol. The fourth-order valence-electron chi connectivity index (χ4n) is 2.71. The minimum Gasteiger partial charge on any atom is -0.478 e. The van der Waals surface area contributed by atoms with E-state index in [1.54, 1.807) is 23.0 Å². The first-order valence-electron chi connectivity index (χ1n) is 6.78. The standard InChI is InChI=1S/C15H16ClN3O2/c1-18-8-13(16)14(17-18)9-19-5-4-10-2-3-11(15(20)21)6-12(10)7-19/h2-3,6,8H,4-5,7,9H2,1H3,(H,20,21). The van der Waals surface area contributed by atoms with Crippen molar-refractivity contribution in [2.24, 2.45) is 7.05 Å². The molecule has 0 radical (unpaired) electrons. The molecule has 1 N–H and O–H groups in total. The normalized spacial score (nSPS) is 15.0. The monoisotopic (exact) mass is 305 g/mol. The van der Waals surface area contributed by atoms with Gasteiger partial charge in [0.25, 0.3) is 0 Å². The van der Waals surface area contributed by atoms with Gasteiger partial charge in [0.1, 0.15) is 0 Å². The van der Waals surface area contributed by atoms with Crippen LogP contribution in [-0.2, 0) is 26.6 Å². The van der Waals surface area contributed by atoms with E-state index in [2.05, 4.69) is 10.00 Å². The molecule has 0 bridgehead atoms. The van der Waals surface area contributed by atoms with Crippen LogP contribution in [0.25, 0.3) is 0 Å². The number of aromatic nitrogens is 2. The van der Waals surface area contributed by atoms with Gasteiger partial charge in [-0.15, -0.1) is 0 Å².